The zero-order chi connectivity index (χ0) is 13.1. The van der Waals surface area contributed by atoms with Crippen molar-refractivity contribution in [2.45, 2.75) is 64.1 Å². The minimum atomic E-state index is -0.778. The number of hydrogen-bond donors (Lipinski definition) is 1. The highest BCUT2D eigenvalue weighted by molar-refractivity contribution is 5.80. The SMILES string of the molecule is CCN(C(C)C)C1CCCC(N)(C(=O)OC)C1. The van der Waals surface area contributed by atoms with Gasteiger partial charge in [-0.3, -0.25) is 9.69 Å². The number of carbonyl (C=O) groups is 1. The van der Waals surface area contributed by atoms with Crippen LogP contribution in [0.5, 0.6) is 0 Å². The Morgan fingerprint density at radius 3 is 2.71 bits per heavy atom. The van der Waals surface area contributed by atoms with Crippen LogP contribution in [0.25, 0.3) is 0 Å². The minimum Gasteiger partial charge on any atom is -0.468 e. The van der Waals surface area contributed by atoms with E-state index >= 15 is 0 Å². The summed E-state index contributed by atoms with van der Waals surface area (Å²) < 4.78 is 4.83. The molecule has 0 bridgehead atoms. The summed E-state index contributed by atoms with van der Waals surface area (Å²) in [4.78, 5) is 14.2. The van der Waals surface area contributed by atoms with Crippen LogP contribution in [0.15, 0.2) is 0 Å². The summed E-state index contributed by atoms with van der Waals surface area (Å²) in [5, 5.41) is 0. The zero-order valence-electron chi connectivity index (χ0n) is 11.5. The summed E-state index contributed by atoms with van der Waals surface area (Å²) in [6.07, 6.45) is 3.58. The molecule has 2 N–H and O–H groups in total. The smallest absolute Gasteiger partial charge is 0.325 e. The largest absolute Gasteiger partial charge is 0.468 e. The number of ether oxygens (including phenoxy) is 1. The van der Waals surface area contributed by atoms with Gasteiger partial charge in [0.1, 0.15) is 5.54 Å². The topological polar surface area (TPSA) is 55.6 Å². The van der Waals surface area contributed by atoms with E-state index in [9.17, 15) is 4.79 Å². The first-order chi connectivity index (χ1) is 7.94. The molecule has 0 aliphatic heterocycles. The first kappa shape index (κ1) is 14.5. The van der Waals surface area contributed by atoms with Crippen molar-refractivity contribution in [2.75, 3.05) is 13.7 Å². The van der Waals surface area contributed by atoms with Crippen molar-refractivity contribution < 1.29 is 9.53 Å². The van der Waals surface area contributed by atoms with Gasteiger partial charge in [-0.25, -0.2) is 0 Å². The molecule has 0 aromatic rings. The maximum Gasteiger partial charge on any atom is 0.325 e. The Morgan fingerprint density at radius 2 is 2.24 bits per heavy atom. The van der Waals surface area contributed by atoms with Crippen molar-refractivity contribution in [2.24, 2.45) is 5.73 Å². The lowest BCUT2D eigenvalue weighted by atomic mass is 9.79. The number of nitrogens with two attached hydrogens (primary N) is 1. The van der Waals surface area contributed by atoms with Gasteiger partial charge in [0.25, 0.3) is 0 Å². The Kier molecular flexibility index (Phi) is 4.95. The van der Waals surface area contributed by atoms with Gasteiger partial charge >= 0.3 is 5.97 Å². The average Bonchev–Trinajstić information content (AvgIpc) is 2.28. The maximum absolute atomic E-state index is 11.7. The highest BCUT2D eigenvalue weighted by atomic mass is 16.5. The van der Waals surface area contributed by atoms with Gasteiger partial charge in [-0.1, -0.05) is 6.92 Å². The first-order valence-corrected chi connectivity index (χ1v) is 6.57. The fourth-order valence-corrected chi connectivity index (χ4v) is 2.99. The van der Waals surface area contributed by atoms with Crippen LogP contribution in [0.4, 0.5) is 0 Å². The molecule has 100 valence electrons. The molecular formula is C13H26N2O2. The number of nitrogens with zero attached hydrogens (tertiary/aromatic N) is 1. The molecule has 1 rings (SSSR count). The lowest BCUT2D eigenvalue weighted by Crippen LogP contribution is -2.57. The molecule has 0 heterocycles. The molecule has 0 amide bonds. The quantitative estimate of drug-likeness (QED) is 0.760. The number of rotatable bonds is 4. The molecule has 2 unspecified atom stereocenters. The van der Waals surface area contributed by atoms with E-state index in [0.717, 1.165) is 25.8 Å². The molecule has 1 saturated carbocycles. The van der Waals surface area contributed by atoms with Crippen LogP contribution >= 0.6 is 0 Å². The Morgan fingerprint density at radius 1 is 1.59 bits per heavy atom. The molecule has 0 radical (unpaired) electrons. The van der Waals surface area contributed by atoms with Gasteiger partial charge in [0, 0.05) is 12.1 Å². The van der Waals surface area contributed by atoms with E-state index in [1.807, 2.05) is 0 Å². The van der Waals surface area contributed by atoms with Gasteiger partial charge in [0.2, 0.25) is 0 Å². The molecule has 4 nitrogen and oxygen atoms in total. The fraction of sp³-hybridized carbons (Fsp3) is 0.923. The van der Waals surface area contributed by atoms with E-state index in [-0.39, 0.29) is 5.97 Å². The van der Waals surface area contributed by atoms with Crippen LogP contribution in [0.1, 0.15) is 46.5 Å². The highest BCUT2D eigenvalue weighted by Crippen LogP contribution is 2.31. The number of methoxy groups -OCH3 is 1. The molecule has 1 aliphatic carbocycles. The Hall–Kier alpha value is -0.610. The predicted octanol–water partition coefficient (Wildman–Crippen LogP) is 1.53. The Bertz CT molecular complexity index is 268. The van der Waals surface area contributed by atoms with E-state index in [1.54, 1.807) is 0 Å². The number of carbonyl (C=O) groups excluding carboxylic acids is 1. The second-order valence-corrected chi connectivity index (χ2v) is 5.32. The van der Waals surface area contributed by atoms with Crippen LogP contribution in [0.3, 0.4) is 0 Å². The first-order valence-electron chi connectivity index (χ1n) is 6.57. The lowest BCUT2D eigenvalue weighted by Gasteiger charge is -2.42. The summed E-state index contributed by atoms with van der Waals surface area (Å²) in [7, 11) is 1.42. The molecule has 0 spiro atoms. The van der Waals surface area contributed by atoms with Gasteiger partial charge in [-0.2, -0.15) is 0 Å². The third kappa shape index (κ3) is 3.19. The summed E-state index contributed by atoms with van der Waals surface area (Å²) in [5.41, 5.74) is 5.42. The molecule has 17 heavy (non-hydrogen) atoms. The Labute approximate surface area is 104 Å². The summed E-state index contributed by atoms with van der Waals surface area (Å²) in [6.45, 7) is 7.54. The predicted molar refractivity (Wildman–Crippen MR) is 68.7 cm³/mol. The molecule has 2 atom stereocenters. The van der Waals surface area contributed by atoms with Crippen LogP contribution in [-0.4, -0.2) is 42.1 Å². The van der Waals surface area contributed by atoms with Gasteiger partial charge < -0.3 is 10.5 Å². The molecule has 0 saturated heterocycles. The normalized spacial score (nSPS) is 29.7. The molecule has 4 heteroatoms. The van der Waals surface area contributed by atoms with Crippen molar-refractivity contribution >= 4 is 5.97 Å². The van der Waals surface area contributed by atoms with Crippen LogP contribution in [0, 0.1) is 0 Å². The van der Waals surface area contributed by atoms with Crippen molar-refractivity contribution in [1.29, 1.82) is 0 Å². The monoisotopic (exact) mass is 242 g/mol. The lowest BCUT2D eigenvalue weighted by molar-refractivity contribution is -0.149. The van der Waals surface area contributed by atoms with Crippen LogP contribution < -0.4 is 5.73 Å². The summed E-state index contributed by atoms with van der Waals surface area (Å²) in [6, 6.07) is 0.892. The van der Waals surface area contributed by atoms with E-state index in [2.05, 4.69) is 25.7 Å². The van der Waals surface area contributed by atoms with Crippen molar-refractivity contribution in [3.05, 3.63) is 0 Å². The zero-order valence-corrected chi connectivity index (χ0v) is 11.5. The highest BCUT2D eigenvalue weighted by Gasteiger charge is 2.42. The summed E-state index contributed by atoms with van der Waals surface area (Å²) in [5.74, 6) is -0.262. The van der Waals surface area contributed by atoms with Crippen LogP contribution in [-0.2, 0) is 9.53 Å². The van der Waals surface area contributed by atoms with E-state index < -0.39 is 5.54 Å². The van der Waals surface area contributed by atoms with Crippen molar-refractivity contribution in [3.8, 4) is 0 Å². The van der Waals surface area contributed by atoms with Gasteiger partial charge in [0.05, 0.1) is 7.11 Å². The molecule has 1 fully saturated rings. The molecule has 0 aromatic carbocycles. The average molecular weight is 242 g/mol. The Balaban J connectivity index is 2.74. The fourth-order valence-electron chi connectivity index (χ4n) is 2.99. The van der Waals surface area contributed by atoms with Crippen LogP contribution in [0.2, 0.25) is 0 Å². The number of esters is 1. The summed E-state index contributed by atoms with van der Waals surface area (Å²) >= 11 is 0. The minimum absolute atomic E-state index is 0.262. The van der Waals surface area contributed by atoms with E-state index in [4.69, 9.17) is 10.5 Å². The molecular weight excluding hydrogens is 216 g/mol. The molecule has 1 aliphatic rings. The third-order valence-electron chi connectivity index (χ3n) is 3.85. The standard InChI is InChI=1S/C13H26N2O2/c1-5-15(10(2)3)11-7-6-8-13(14,9-11)12(16)17-4/h10-11H,5-9,14H2,1-4H3. The number of hydrogen-bond acceptors (Lipinski definition) is 4. The third-order valence-corrected chi connectivity index (χ3v) is 3.85. The maximum atomic E-state index is 11.7. The van der Waals surface area contributed by atoms with Crippen molar-refractivity contribution in [1.82, 2.24) is 4.90 Å². The second kappa shape index (κ2) is 5.83. The van der Waals surface area contributed by atoms with Crippen molar-refractivity contribution in [3.63, 3.8) is 0 Å². The second-order valence-electron chi connectivity index (χ2n) is 5.32. The molecule has 0 aromatic heterocycles. The van der Waals surface area contributed by atoms with Gasteiger partial charge in [0.15, 0.2) is 0 Å². The van der Waals surface area contributed by atoms with E-state index in [0.29, 0.717) is 18.5 Å². The van der Waals surface area contributed by atoms with Gasteiger partial charge in [-0.15, -0.1) is 0 Å². The van der Waals surface area contributed by atoms with E-state index in [1.165, 1.54) is 7.11 Å². The van der Waals surface area contributed by atoms with Gasteiger partial charge in [-0.05, 0) is 46.1 Å².